The van der Waals surface area contributed by atoms with Crippen LogP contribution in [-0.2, 0) is 6.42 Å². The summed E-state index contributed by atoms with van der Waals surface area (Å²) in [5.74, 6) is 0.937. The largest absolute Gasteiger partial charge is 0.353 e. The molecule has 0 radical (unpaired) electrons. The van der Waals surface area contributed by atoms with Crippen LogP contribution in [-0.4, -0.2) is 48.1 Å². The van der Waals surface area contributed by atoms with Crippen molar-refractivity contribution in [2.24, 2.45) is 0 Å². The van der Waals surface area contributed by atoms with Crippen LogP contribution in [0.15, 0.2) is 24.3 Å². The average Bonchev–Trinajstić information content (AvgIpc) is 2.89. The van der Waals surface area contributed by atoms with Gasteiger partial charge in [-0.3, -0.25) is 0 Å². The van der Waals surface area contributed by atoms with Crippen molar-refractivity contribution in [2.75, 3.05) is 32.1 Å². The Bertz CT molecular complexity index is 756. The van der Waals surface area contributed by atoms with Crippen LogP contribution < -0.4 is 4.90 Å². The molecule has 0 amide bonds. The summed E-state index contributed by atoms with van der Waals surface area (Å²) in [4.78, 5) is 13.5. The van der Waals surface area contributed by atoms with Crippen LogP contribution in [0.25, 0.3) is 0 Å². The van der Waals surface area contributed by atoms with Gasteiger partial charge in [0.05, 0.1) is 5.69 Å². The molecule has 0 spiro atoms. The van der Waals surface area contributed by atoms with E-state index >= 15 is 0 Å². The third-order valence-electron chi connectivity index (χ3n) is 5.17. The van der Waals surface area contributed by atoms with E-state index in [9.17, 15) is 4.39 Å². The molecule has 4 rings (SSSR count). The summed E-state index contributed by atoms with van der Waals surface area (Å²) in [5.41, 5.74) is 3.29. The second-order valence-electron chi connectivity index (χ2n) is 6.85. The van der Waals surface area contributed by atoms with E-state index < -0.39 is 0 Å². The van der Waals surface area contributed by atoms with Crippen LogP contribution >= 0.6 is 11.6 Å². The highest BCUT2D eigenvalue weighted by Gasteiger charge is 2.35. The Morgan fingerprint density at radius 2 is 1.88 bits per heavy atom. The lowest BCUT2D eigenvalue weighted by Gasteiger charge is -2.44. The molecule has 1 aliphatic heterocycles. The van der Waals surface area contributed by atoms with Crippen molar-refractivity contribution in [1.82, 2.24) is 14.9 Å². The fourth-order valence-electron chi connectivity index (χ4n) is 3.65. The van der Waals surface area contributed by atoms with Gasteiger partial charge in [-0.1, -0.05) is 12.1 Å². The van der Waals surface area contributed by atoms with Crippen LogP contribution in [0.4, 0.5) is 10.2 Å². The van der Waals surface area contributed by atoms with Gasteiger partial charge in [0, 0.05) is 30.6 Å². The molecule has 1 unspecified atom stereocenters. The highest BCUT2D eigenvalue weighted by Crippen LogP contribution is 2.42. The van der Waals surface area contributed by atoms with Gasteiger partial charge in [0.1, 0.15) is 11.6 Å². The first-order chi connectivity index (χ1) is 11.5. The number of anilines is 1. The van der Waals surface area contributed by atoms with E-state index in [0.717, 1.165) is 43.0 Å². The van der Waals surface area contributed by atoms with Gasteiger partial charge >= 0.3 is 0 Å². The zero-order valence-electron chi connectivity index (χ0n) is 13.8. The topological polar surface area (TPSA) is 32.3 Å². The minimum atomic E-state index is -0.214. The molecule has 126 valence electrons. The number of nitrogens with zero attached hydrogens (tertiary/aromatic N) is 4. The summed E-state index contributed by atoms with van der Waals surface area (Å²) < 4.78 is 13.2. The lowest BCUT2D eigenvalue weighted by Crippen LogP contribution is -2.58. The Morgan fingerprint density at radius 1 is 1.17 bits per heavy atom. The molecule has 4 nitrogen and oxygen atoms in total. The summed E-state index contributed by atoms with van der Waals surface area (Å²) >= 11 is 6.21. The number of fused-ring (bicyclic) bond motifs is 1. The van der Waals surface area contributed by atoms with Gasteiger partial charge in [-0.25, -0.2) is 14.4 Å². The molecular formula is C18H20ClFN4. The number of hydrogen-bond acceptors (Lipinski definition) is 4. The highest BCUT2D eigenvalue weighted by atomic mass is 35.5. The van der Waals surface area contributed by atoms with Crippen molar-refractivity contribution >= 4 is 17.4 Å². The molecular weight excluding hydrogens is 327 g/mol. The Hall–Kier alpha value is -1.72. The summed E-state index contributed by atoms with van der Waals surface area (Å²) in [5, 5.41) is 0.297. The maximum absolute atomic E-state index is 13.2. The van der Waals surface area contributed by atoms with Crippen molar-refractivity contribution in [3.63, 3.8) is 0 Å². The highest BCUT2D eigenvalue weighted by molar-refractivity contribution is 6.28. The number of hydrogen-bond donors (Lipinski definition) is 0. The van der Waals surface area contributed by atoms with Gasteiger partial charge in [-0.15, -0.1) is 0 Å². The maximum Gasteiger partial charge on any atom is 0.224 e. The van der Waals surface area contributed by atoms with Crippen LogP contribution in [0, 0.1) is 5.82 Å². The van der Waals surface area contributed by atoms with Crippen LogP contribution in [0.2, 0.25) is 5.28 Å². The third kappa shape index (κ3) is 2.66. The second-order valence-corrected chi connectivity index (χ2v) is 7.18. The van der Waals surface area contributed by atoms with E-state index in [2.05, 4.69) is 33.9 Å². The van der Waals surface area contributed by atoms with Gasteiger partial charge in [0.15, 0.2) is 0 Å². The van der Waals surface area contributed by atoms with E-state index in [4.69, 9.17) is 11.6 Å². The number of aromatic nitrogens is 2. The minimum absolute atomic E-state index is 0.172. The molecule has 2 aromatic rings. The Morgan fingerprint density at radius 3 is 2.54 bits per heavy atom. The summed E-state index contributed by atoms with van der Waals surface area (Å²) in [6.45, 7) is 1.93. The van der Waals surface area contributed by atoms with Gasteiger partial charge in [-0.05, 0) is 56.2 Å². The standard InChI is InChI=1S/C18H20ClFN4/c1-23(2)13-9-24(10-13)17-15-8-7-14(16(15)21-18(19)22-17)11-3-5-12(20)6-4-11/h3-6,13-14H,7-10H2,1-2H3. The van der Waals surface area contributed by atoms with E-state index in [1.807, 2.05) is 12.1 Å². The van der Waals surface area contributed by atoms with E-state index in [1.165, 1.54) is 17.7 Å². The first kappa shape index (κ1) is 15.8. The quantitative estimate of drug-likeness (QED) is 0.799. The number of rotatable bonds is 3. The fourth-order valence-corrected chi connectivity index (χ4v) is 3.82. The predicted octanol–water partition coefficient (Wildman–Crippen LogP) is 3.10. The Balaban J connectivity index is 1.66. The molecule has 24 heavy (non-hydrogen) atoms. The average molecular weight is 347 g/mol. The van der Waals surface area contributed by atoms with Crippen LogP contribution in [0.3, 0.4) is 0 Å². The molecule has 1 atom stereocenters. The molecule has 0 N–H and O–H groups in total. The maximum atomic E-state index is 13.2. The number of likely N-dealkylation sites (N-methyl/N-ethyl adjacent to an activating group) is 1. The Labute approximate surface area is 146 Å². The van der Waals surface area contributed by atoms with Crippen molar-refractivity contribution in [2.45, 2.75) is 24.8 Å². The first-order valence-corrected chi connectivity index (χ1v) is 8.64. The van der Waals surface area contributed by atoms with E-state index in [-0.39, 0.29) is 11.7 Å². The monoisotopic (exact) mass is 346 g/mol. The van der Waals surface area contributed by atoms with E-state index in [0.29, 0.717) is 11.3 Å². The molecule has 1 fully saturated rings. The predicted molar refractivity (Wildman–Crippen MR) is 93.3 cm³/mol. The second kappa shape index (κ2) is 5.97. The van der Waals surface area contributed by atoms with Crippen molar-refractivity contribution in [3.05, 3.63) is 52.2 Å². The van der Waals surface area contributed by atoms with Crippen molar-refractivity contribution in [3.8, 4) is 0 Å². The Kier molecular flexibility index (Phi) is 3.93. The summed E-state index contributed by atoms with van der Waals surface area (Å²) in [7, 11) is 4.20. The SMILES string of the molecule is CN(C)C1CN(c2nc(Cl)nc3c2CCC3c2ccc(F)cc2)C1. The molecule has 2 heterocycles. The van der Waals surface area contributed by atoms with Gasteiger partial charge in [0.25, 0.3) is 0 Å². The van der Waals surface area contributed by atoms with Crippen LogP contribution in [0.1, 0.15) is 29.2 Å². The molecule has 0 saturated carbocycles. The zero-order valence-corrected chi connectivity index (χ0v) is 14.6. The summed E-state index contributed by atoms with van der Waals surface area (Å²) in [6.07, 6.45) is 1.90. The molecule has 1 saturated heterocycles. The van der Waals surface area contributed by atoms with Crippen LogP contribution in [0.5, 0.6) is 0 Å². The third-order valence-corrected chi connectivity index (χ3v) is 5.34. The minimum Gasteiger partial charge on any atom is -0.353 e. The smallest absolute Gasteiger partial charge is 0.224 e. The lowest BCUT2D eigenvalue weighted by molar-refractivity contribution is 0.246. The summed E-state index contributed by atoms with van der Waals surface area (Å²) in [6, 6.07) is 7.26. The molecule has 1 aliphatic carbocycles. The lowest BCUT2D eigenvalue weighted by atomic mass is 9.96. The molecule has 6 heteroatoms. The number of benzene rings is 1. The van der Waals surface area contributed by atoms with Crippen molar-refractivity contribution in [1.29, 1.82) is 0 Å². The van der Waals surface area contributed by atoms with Gasteiger partial charge in [0.2, 0.25) is 5.28 Å². The van der Waals surface area contributed by atoms with Gasteiger partial charge in [-0.2, -0.15) is 0 Å². The van der Waals surface area contributed by atoms with Crippen molar-refractivity contribution < 1.29 is 4.39 Å². The molecule has 0 bridgehead atoms. The number of halogens is 2. The molecule has 1 aromatic heterocycles. The van der Waals surface area contributed by atoms with Gasteiger partial charge < -0.3 is 9.80 Å². The fraction of sp³-hybridized carbons (Fsp3) is 0.444. The normalized spacial score (nSPS) is 20.4. The molecule has 2 aliphatic rings. The first-order valence-electron chi connectivity index (χ1n) is 8.26. The molecule has 1 aromatic carbocycles. The van der Waals surface area contributed by atoms with E-state index in [1.54, 1.807) is 0 Å². The zero-order chi connectivity index (χ0) is 16.8.